The van der Waals surface area contributed by atoms with Crippen molar-refractivity contribution in [1.82, 2.24) is 0 Å². The van der Waals surface area contributed by atoms with E-state index in [4.69, 9.17) is 0 Å². The Bertz CT molecular complexity index is 571. The summed E-state index contributed by atoms with van der Waals surface area (Å²) in [6.07, 6.45) is -0.878. The van der Waals surface area contributed by atoms with Gasteiger partial charge in [0, 0.05) is 0 Å². The third-order valence-electron chi connectivity index (χ3n) is 3.58. The first-order chi connectivity index (χ1) is 10.9. The van der Waals surface area contributed by atoms with Crippen molar-refractivity contribution < 1.29 is 13.2 Å². The third-order valence-corrected chi connectivity index (χ3v) is 3.58. The van der Waals surface area contributed by atoms with Crippen molar-refractivity contribution in [2.45, 2.75) is 52.6 Å². The maximum absolute atomic E-state index is 12.5. The van der Waals surface area contributed by atoms with Gasteiger partial charge in [0.25, 0.3) is 0 Å². The minimum Gasteiger partial charge on any atom is -0.166 e. The van der Waals surface area contributed by atoms with Gasteiger partial charge in [0.05, 0.1) is 5.56 Å². The maximum Gasteiger partial charge on any atom is 0.416 e. The fourth-order valence-electron chi connectivity index (χ4n) is 2.28. The van der Waals surface area contributed by atoms with E-state index < -0.39 is 11.7 Å². The molecule has 2 aromatic rings. The molecule has 0 amide bonds. The Hall–Kier alpha value is -1.77. The Labute approximate surface area is 137 Å². The van der Waals surface area contributed by atoms with Crippen LogP contribution in [0.2, 0.25) is 0 Å². The molecule has 0 heterocycles. The predicted molar refractivity (Wildman–Crippen MR) is 90.6 cm³/mol. The first kappa shape index (κ1) is 19.3. The zero-order chi connectivity index (χ0) is 17.3. The van der Waals surface area contributed by atoms with E-state index in [1.54, 1.807) is 0 Å². The molecule has 0 radical (unpaired) electrons. The molecule has 0 N–H and O–H groups in total. The summed E-state index contributed by atoms with van der Waals surface area (Å²) in [7, 11) is 0. The first-order valence-corrected chi connectivity index (χ1v) is 8.14. The molecule has 0 aromatic heterocycles. The van der Waals surface area contributed by atoms with Crippen molar-refractivity contribution in [3.63, 3.8) is 0 Å². The minimum absolute atomic E-state index is 0.523. The largest absolute Gasteiger partial charge is 0.416 e. The molecular weight excluding hydrogens is 297 g/mol. The maximum atomic E-state index is 12.5. The lowest BCUT2D eigenvalue weighted by Crippen LogP contribution is -2.06. The van der Waals surface area contributed by atoms with Crippen molar-refractivity contribution >= 4 is 0 Å². The van der Waals surface area contributed by atoms with Crippen LogP contribution in [0.3, 0.4) is 0 Å². The van der Waals surface area contributed by atoms with Crippen molar-refractivity contribution in [2.75, 3.05) is 0 Å². The summed E-state index contributed by atoms with van der Waals surface area (Å²) in [6, 6.07) is 14.8. The lowest BCUT2D eigenvalue weighted by Gasteiger charge is -2.11. The van der Waals surface area contributed by atoms with Crippen LogP contribution in [-0.2, 0) is 25.4 Å². The van der Waals surface area contributed by atoms with Crippen molar-refractivity contribution in [1.29, 1.82) is 0 Å². The van der Waals surface area contributed by atoms with Crippen LogP contribution < -0.4 is 0 Å². The summed E-state index contributed by atoms with van der Waals surface area (Å²) in [5.41, 5.74) is 2.43. The van der Waals surface area contributed by atoms with Gasteiger partial charge in [-0.05, 0) is 48.1 Å². The highest BCUT2D eigenvalue weighted by molar-refractivity contribution is 5.32. The molecule has 0 saturated carbocycles. The van der Waals surface area contributed by atoms with Crippen LogP contribution in [0.15, 0.2) is 48.5 Å². The first-order valence-electron chi connectivity index (χ1n) is 8.14. The average molecular weight is 322 g/mol. The Morgan fingerprint density at radius 2 is 1.30 bits per heavy atom. The van der Waals surface area contributed by atoms with Crippen LogP contribution in [0.5, 0.6) is 0 Å². The van der Waals surface area contributed by atoms with E-state index in [9.17, 15) is 13.2 Å². The molecule has 0 aliphatic heterocycles. The van der Waals surface area contributed by atoms with Crippen LogP contribution in [0.1, 0.15) is 49.4 Å². The normalized spacial score (nSPS) is 10.9. The van der Waals surface area contributed by atoms with E-state index in [-0.39, 0.29) is 0 Å². The Kier molecular flexibility index (Phi) is 7.87. The molecule has 126 valence electrons. The summed E-state index contributed by atoms with van der Waals surface area (Å²) in [4.78, 5) is 0. The standard InChI is InChI=1S/C12H15F3.C8H10/c1-3-5-10-6-9(4-2)7-11(8-10)12(13,14)15;1-2-8-6-4-3-5-7-8/h6-8H,3-5H2,1-2H3;3-7H,2H2,1H3. The molecule has 0 aliphatic carbocycles. The summed E-state index contributed by atoms with van der Waals surface area (Å²) in [5, 5.41) is 0. The van der Waals surface area contributed by atoms with E-state index in [2.05, 4.69) is 31.2 Å². The Morgan fingerprint density at radius 1 is 0.739 bits per heavy atom. The number of benzene rings is 2. The molecule has 0 atom stereocenters. The van der Waals surface area contributed by atoms with E-state index in [0.717, 1.165) is 24.0 Å². The van der Waals surface area contributed by atoms with E-state index in [0.29, 0.717) is 12.8 Å². The lowest BCUT2D eigenvalue weighted by atomic mass is 10.0. The molecule has 2 aromatic carbocycles. The van der Waals surface area contributed by atoms with Crippen LogP contribution in [-0.4, -0.2) is 0 Å². The average Bonchev–Trinajstić information content (AvgIpc) is 2.55. The minimum atomic E-state index is -4.23. The van der Waals surface area contributed by atoms with Crippen LogP contribution >= 0.6 is 0 Å². The summed E-state index contributed by atoms with van der Waals surface area (Å²) in [5.74, 6) is 0. The van der Waals surface area contributed by atoms with Crippen molar-refractivity contribution in [3.8, 4) is 0 Å². The highest BCUT2D eigenvalue weighted by Gasteiger charge is 2.30. The topological polar surface area (TPSA) is 0 Å². The molecule has 0 aliphatic rings. The van der Waals surface area contributed by atoms with Gasteiger partial charge in [0.1, 0.15) is 0 Å². The number of halogens is 3. The molecule has 23 heavy (non-hydrogen) atoms. The summed E-state index contributed by atoms with van der Waals surface area (Å²) >= 11 is 0. The molecule has 0 fully saturated rings. The number of rotatable bonds is 4. The van der Waals surface area contributed by atoms with Gasteiger partial charge in [-0.15, -0.1) is 0 Å². The molecule has 0 nitrogen and oxygen atoms in total. The monoisotopic (exact) mass is 322 g/mol. The Morgan fingerprint density at radius 3 is 1.74 bits per heavy atom. The smallest absolute Gasteiger partial charge is 0.166 e. The van der Waals surface area contributed by atoms with Crippen molar-refractivity contribution in [3.05, 3.63) is 70.8 Å². The fraction of sp³-hybridized carbons (Fsp3) is 0.400. The summed E-state index contributed by atoms with van der Waals surface area (Å²) < 4.78 is 37.6. The second kappa shape index (κ2) is 9.39. The molecule has 2 rings (SSSR count). The van der Waals surface area contributed by atoms with Crippen LogP contribution in [0, 0.1) is 0 Å². The zero-order valence-corrected chi connectivity index (χ0v) is 14.1. The van der Waals surface area contributed by atoms with Gasteiger partial charge >= 0.3 is 6.18 Å². The zero-order valence-electron chi connectivity index (χ0n) is 14.1. The summed E-state index contributed by atoms with van der Waals surface area (Å²) in [6.45, 7) is 5.99. The van der Waals surface area contributed by atoms with Gasteiger partial charge in [-0.2, -0.15) is 13.2 Å². The van der Waals surface area contributed by atoms with E-state index >= 15 is 0 Å². The molecular formula is C20H25F3. The fourth-order valence-corrected chi connectivity index (χ4v) is 2.28. The SMILES string of the molecule is CCCc1cc(CC)cc(C(F)(F)F)c1.CCc1ccccc1. The molecule has 3 heteroatoms. The third kappa shape index (κ3) is 6.89. The lowest BCUT2D eigenvalue weighted by molar-refractivity contribution is -0.137. The van der Waals surface area contributed by atoms with Crippen LogP contribution in [0.25, 0.3) is 0 Å². The highest BCUT2D eigenvalue weighted by atomic mass is 19.4. The number of alkyl halides is 3. The quantitative estimate of drug-likeness (QED) is 0.605. The highest BCUT2D eigenvalue weighted by Crippen LogP contribution is 2.31. The van der Waals surface area contributed by atoms with Gasteiger partial charge < -0.3 is 0 Å². The molecule has 0 bridgehead atoms. The number of aryl methyl sites for hydroxylation is 3. The molecule has 0 spiro atoms. The molecule has 0 saturated heterocycles. The van der Waals surface area contributed by atoms with Gasteiger partial charge in [-0.25, -0.2) is 0 Å². The van der Waals surface area contributed by atoms with Crippen LogP contribution in [0.4, 0.5) is 13.2 Å². The van der Waals surface area contributed by atoms with Gasteiger partial charge in [0.2, 0.25) is 0 Å². The van der Waals surface area contributed by atoms with Gasteiger partial charge in [-0.3, -0.25) is 0 Å². The van der Waals surface area contributed by atoms with E-state index in [1.165, 1.54) is 17.7 Å². The second-order valence-electron chi connectivity index (χ2n) is 5.48. The van der Waals surface area contributed by atoms with Crippen molar-refractivity contribution in [2.24, 2.45) is 0 Å². The van der Waals surface area contributed by atoms with Gasteiger partial charge in [-0.1, -0.05) is 63.6 Å². The predicted octanol–water partition coefficient (Wildman–Crippen LogP) is 6.47. The van der Waals surface area contributed by atoms with Gasteiger partial charge in [0.15, 0.2) is 0 Å². The number of hydrogen-bond acceptors (Lipinski definition) is 0. The van der Waals surface area contributed by atoms with E-state index in [1.807, 2.05) is 26.0 Å². The molecule has 0 unspecified atom stereocenters. The second-order valence-corrected chi connectivity index (χ2v) is 5.48. The Balaban J connectivity index is 0.000000277. The number of hydrogen-bond donors (Lipinski definition) is 0.